The van der Waals surface area contributed by atoms with Crippen LogP contribution in [0.25, 0.3) is 0 Å². The van der Waals surface area contributed by atoms with Crippen molar-refractivity contribution < 1.29 is 4.39 Å². The summed E-state index contributed by atoms with van der Waals surface area (Å²) in [6.45, 7) is 12.7. The Balaban J connectivity index is 1.87. The van der Waals surface area contributed by atoms with Crippen LogP contribution in [0.4, 0.5) is 10.1 Å². The van der Waals surface area contributed by atoms with E-state index in [9.17, 15) is 4.39 Å². The highest BCUT2D eigenvalue weighted by Gasteiger charge is 2.25. The summed E-state index contributed by atoms with van der Waals surface area (Å²) in [5.41, 5.74) is 0.741. The predicted molar refractivity (Wildman–Crippen MR) is 87.4 cm³/mol. The van der Waals surface area contributed by atoms with E-state index in [2.05, 4.69) is 35.9 Å². The molecule has 0 aromatic heterocycles. The van der Waals surface area contributed by atoms with Gasteiger partial charge in [-0.1, -0.05) is 26.0 Å². The topological polar surface area (TPSA) is 18.5 Å². The van der Waals surface area contributed by atoms with Crippen LogP contribution < -0.4 is 10.2 Å². The van der Waals surface area contributed by atoms with Gasteiger partial charge >= 0.3 is 0 Å². The Morgan fingerprint density at radius 2 is 1.81 bits per heavy atom. The summed E-state index contributed by atoms with van der Waals surface area (Å²) in [5, 5.41) is 3.42. The fourth-order valence-electron chi connectivity index (χ4n) is 2.98. The second-order valence-electron chi connectivity index (χ2n) is 6.00. The Kier molecular flexibility index (Phi) is 6.00. The van der Waals surface area contributed by atoms with Gasteiger partial charge in [-0.3, -0.25) is 4.90 Å². The van der Waals surface area contributed by atoms with E-state index < -0.39 is 0 Å². The van der Waals surface area contributed by atoms with Gasteiger partial charge in [-0.25, -0.2) is 4.39 Å². The van der Waals surface area contributed by atoms with Crippen molar-refractivity contribution in [1.29, 1.82) is 0 Å². The standard InChI is InChI=1S/C17H28FN3/c1-4-19-13-14(2)15(3)20-9-11-21(12-10-20)17-8-6-5-7-16(17)18/h5-8,14-15,19H,4,9-13H2,1-3H3. The van der Waals surface area contributed by atoms with E-state index in [0.29, 0.717) is 12.0 Å². The average Bonchev–Trinajstić information content (AvgIpc) is 2.52. The summed E-state index contributed by atoms with van der Waals surface area (Å²) < 4.78 is 13.8. The monoisotopic (exact) mass is 293 g/mol. The number of hydrogen-bond donors (Lipinski definition) is 1. The molecular formula is C17H28FN3. The fraction of sp³-hybridized carbons (Fsp3) is 0.647. The Morgan fingerprint density at radius 3 is 2.43 bits per heavy atom. The molecule has 0 saturated carbocycles. The van der Waals surface area contributed by atoms with E-state index in [1.807, 2.05) is 12.1 Å². The number of para-hydroxylation sites is 1. The highest BCUT2D eigenvalue weighted by molar-refractivity contribution is 5.48. The van der Waals surface area contributed by atoms with Gasteiger partial charge in [-0.05, 0) is 38.1 Å². The molecule has 1 heterocycles. The summed E-state index contributed by atoms with van der Waals surface area (Å²) in [7, 11) is 0. The van der Waals surface area contributed by atoms with Gasteiger partial charge in [-0.15, -0.1) is 0 Å². The lowest BCUT2D eigenvalue weighted by Gasteiger charge is -2.41. The molecular weight excluding hydrogens is 265 g/mol. The summed E-state index contributed by atoms with van der Waals surface area (Å²) in [5.74, 6) is 0.518. The number of nitrogens with zero attached hydrogens (tertiary/aromatic N) is 2. The number of benzene rings is 1. The van der Waals surface area contributed by atoms with Gasteiger partial charge in [0.15, 0.2) is 0 Å². The van der Waals surface area contributed by atoms with Gasteiger partial charge in [-0.2, -0.15) is 0 Å². The van der Waals surface area contributed by atoms with E-state index in [1.54, 1.807) is 12.1 Å². The van der Waals surface area contributed by atoms with Crippen LogP contribution in [0.5, 0.6) is 0 Å². The first-order valence-electron chi connectivity index (χ1n) is 8.07. The van der Waals surface area contributed by atoms with Crippen LogP contribution in [0.15, 0.2) is 24.3 Å². The number of rotatable bonds is 6. The summed E-state index contributed by atoms with van der Waals surface area (Å²) in [4.78, 5) is 4.69. The first-order valence-corrected chi connectivity index (χ1v) is 8.07. The van der Waals surface area contributed by atoms with Gasteiger partial charge in [0.2, 0.25) is 0 Å². The largest absolute Gasteiger partial charge is 0.367 e. The third kappa shape index (κ3) is 4.17. The lowest BCUT2D eigenvalue weighted by molar-refractivity contribution is 0.151. The smallest absolute Gasteiger partial charge is 0.146 e. The maximum atomic E-state index is 13.8. The van der Waals surface area contributed by atoms with Crippen molar-refractivity contribution in [1.82, 2.24) is 10.2 Å². The van der Waals surface area contributed by atoms with Crippen LogP contribution in [-0.4, -0.2) is 50.2 Å². The molecule has 0 spiro atoms. The van der Waals surface area contributed by atoms with Crippen molar-refractivity contribution in [3.05, 3.63) is 30.1 Å². The van der Waals surface area contributed by atoms with Crippen molar-refractivity contribution in [3.8, 4) is 0 Å². The zero-order chi connectivity index (χ0) is 15.2. The number of anilines is 1. The molecule has 1 aromatic carbocycles. The first kappa shape index (κ1) is 16.2. The molecule has 3 nitrogen and oxygen atoms in total. The molecule has 21 heavy (non-hydrogen) atoms. The average molecular weight is 293 g/mol. The molecule has 118 valence electrons. The maximum absolute atomic E-state index is 13.8. The number of nitrogens with one attached hydrogen (secondary N) is 1. The van der Waals surface area contributed by atoms with Crippen LogP contribution in [0.1, 0.15) is 20.8 Å². The SMILES string of the molecule is CCNCC(C)C(C)N1CCN(c2ccccc2F)CC1. The normalized spacial score (nSPS) is 19.5. The molecule has 0 bridgehead atoms. The van der Waals surface area contributed by atoms with Crippen molar-refractivity contribution in [2.24, 2.45) is 5.92 Å². The number of piperazine rings is 1. The van der Waals surface area contributed by atoms with Crippen LogP contribution in [-0.2, 0) is 0 Å². The third-order valence-corrected chi connectivity index (χ3v) is 4.62. The van der Waals surface area contributed by atoms with E-state index in [1.165, 1.54) is 0 Å². The van der Waals surface area contributed by atoms with Crippen molar-refractivity contribution in [3.63, 3.8) is 0 Å². The van der Waals surface area contributed by atoms with Crippen molar-refractivity contribution in [2.45, 2.75) is 26.8 Å². The van der Waals surface area contributed by atoms with Gasteiger partial charge in [0.1, 0.15) is 5.82 Å². The highest BCUT2D eigenvalue weighted by Crippen LogP contribution is 2.21. The van der Waals surface area contributed by atoms with Gasteiger partial charge in [0.25, 0.3) is 0 Å². The molecule has 0 amide bonds. The van der Waals surface area contributed by atoms with Crippen LogP contribution in [0.3, 0.4) is 0 Å². The fourth-order valence-corrected chi connectivity index (χ4v) is 2.98. The number of halogens is 1. The van der Waals surface area contributed by atoms with Gasteiger partial charge < -0.3 is 10.2 Å². The molecule has 0 radical (unpaired) electrons. The molecule has 2 unspecified atom stereocenters. The minimum Gasteiger partial charge on any atom is -0.367 e. The third-order valence-electron chi connectivity index (χ3n) is 4.62. The maximum Gasteiger partial charge on any atom is 0.146 e. The Bertz CT molecular complexity index is 430. The van der Waals surface area contributed by atoms with Gasteiger partial charge in [0, 0.05) is 32.2 Å². The lowest BCUT2D eigenvalue weighted by atomic mass is 10.0. The van der Waals surface area contributed by atoms with Crippen molar-refractivity contribution in [2.75, 3.05) is 44.2 Å². The van der Waals surface area contributed by atoms with E-state index >= 15 is 0 Å². The van der Waals surface area contributed by atoms with Crippen LogP contribution >= 0.6 is 0 Å². The van der Waals surface area contributed by atoms with E-state index in [-0.39, 0.29) is 5.82 Å². The molecule has 1 saturated heterocycles. The van der Waals surface area contributed by atoms with Gasteiger partial charge in [0.05, 0.1) is 5.69 Å². The van der Waals surface area contributed by atoms with E-state index in [0.717, 1.165) is 45.0 Å². The van der Waals surface area contributed by atoms with Crippen LogP contribution in [0, 0.1) is 11.7 Å². The zero-order valence-corrected chi connectivity index (χ0v) is 13.5. The molecule has 1 aliphatic heterocycles. The van der Waals surface area contributed by atoms with Crippen LogP contribution in [0.2, 0.25) is 0 Å². The second-order valence-corrected chi connectivity index (χ2v) is 6.00. The highest BCUT2D eigenvalue weighted by atomic mass is 19.1. The molecule has 0 aliphatic carbocycles. The Hall–Kier alpha value is -1.13. The summed E-state index contributed by atoms with van der Waals surface area (Å²) >= 11 is 0. The molecule has 4 heteroatoms. The Morgan fingerprint density at radius 1 is 1.14 bits per heavy atom. The summed E-state index contributed by atoms with van der Waals surface area (Å²) in [6.07, 6.45) is 0. The molecule has 2 rings (SSSR count). The molecule has 1 fully saturated rings. The quantitative estimate of drug-likeness (QED) is 0.870. The Labute approximate surface area is 128 Å². The minimum atomic E-state index is -0.112. The molecule has 1 aliphatic rings. The molecule has 2 atom stereocenters. The lowest BCUT2D eigenvalue weighted by Crippen LogP contribution is -2.52. The zero-order valence-electron chi connectivity index (χ0n) is 13.5. The second kappa shape index (κ2) is 7.76. The molecule has 1 aromatic rings. The van der Waals surface area contributed by atoms with E-state index in [4.69, 9.17) is 0 Å². The molecule has 1 N–H and O–H groups in total. The first-order chi connectivity index (χ1) is 10.1. The number of hydrogen-bond acceptors (Lipinski definition) is 3. The minimum absolute atomic E-state index is 0.112. The predicted octanol–water partition coefficient (Wildman–Crippen LogP) is 2.58. The van der Waals surface area contributed by atoms with Crippen molar-refractivity contribution >= 4 is 5.69 Å². The summed E-state index contributed by atoms with van der Waals surface area (Å²) in [6, 6.07) is 7.64.